The number of ether oxygens (including phenoxy) is 3. The second kappa shape index (κ2) is 11.8. The van der Waals surface area contributed by atoms with Gasteiger partial charge in [-0.25, -0.2) is 4.39 Å². The molecule has 0 atom stereocenters. The molecule has 1 saturated heterocycles. The van der Waals surface area contributed by atoms with Crippen LogP contribution < -0.4 is 10.1 Å². The molecule has 0 saturated carbocycles. The Labute approximate surface area is 161 Å². The number of guanidine groups is 1. The van der Waals surface area contributed by atoms with Crippen molar-refractivity contribution < 1.29 is 18.6 Å². The van der Waals surface area contributed by atoms with Gasteiger partial charge in [0.15, 0.2) is 17.5 Å². The molecular formula is C20H32FN3O3. The fourth-order valence-corrected chi connectivity index (χ4v) is 2.97. The number of nitrogens with zero attached hydrogens (tertiary/aromatic N) is 2. The van der Waals surface area contributed by atoms with Gasteiger partial charge < -0.3 is 24.4 Å². The molecule has 1 aliphatic rings. The molecule has 1 aromatic rings. The maximum atomic E-state index is 13.9. The monoisotopic (exact) mass is 381 g/mol. The van der Waals surface area contributed by atoms with Crippen LogP contribution >= 0.6 is 0 Å². The van der Waals surface area contributed by atoms with E-state index in [-0.39, 0.29) is 11.6 Å². The van der Waals surface area contributed by atoms with Crippen molar-refractivity contribution in [2.24, 2.45) is 4.99 Å². The van der Waals surface area contributed by atoms with Gasteiger partial charge in [-0.15, -0.1) is 0 Å². The summed E-state index contributed by atoms with van der Waals surface area (Å²) in [6.45, 7) is 6.36. The summed E-state index contributed by atoms with van der Waals surface area (Å²) in [6.07, 6.45) is 3.15. The van der Waals surface area contributed by atoms with Crippen molar-refractivity contribution in [2.75, 3.05) is 47.1 Å². The average molecular weight is 381 g/mol. The quantitative estimate of drug-likeness (QED) is 0.405. The Morgan fingerprint density at radius 3 is 2.81 bits per heavy atom. The van der Waals surface area contributed by atoms with Crippen LogP contribution in [-0.2, 0) is 16.0 Å². The van der Waals surface area contributed by atoms with Crippen LogP contribution in [0.4, 0.5) is 4.39 Å². The Morgan fingerprint density at radius 2 is 2.15 bits per heavy atom. The number of hydrogen-bond acceptors (Lipinski definition) is 4. The van der Waals surface area contributed by atoms with Crippen molar-refractivity contribution in [1.29, 1.82) is 0 Å². The van der Waals surface area contributed by atoms with Gasteiger partial charge in [0, 0.05) is 46.5 Å². The van der Waals surface area contributed by atoms with E-state index < -0.39 is 0 Å². The number of nitrogens with one attached hydrogen (secondary N) is 1. The second-order valence-corrected chi connectivity index (χ2v) is 6.60. The summed E-state index contributed by atoms with van der Waals surface area (Å²) in [5.41, 5.74) is 0.865. The summed E-state index contributed by atoms with van der Waals surface area (Å²) in [5.74, 6) is 0.710. The number of aliphatic imine (C=N–C) groups is 1. The maximum absolute atomic E-state index is 13.9. The number of rotatable bonds is 9. The van der Waals surface area contributed by atoms with E-state index in [4.69, 9.17) is 14.2 Å². The lowest BCUT2D eigenvalue weighted by Gasteiger charge is -2.23. The second-order valence-electron chi connectivity index (χ2n) is 6.60. The van der Waals surface area contributed by atoms with Gasteiger partial charge in [0.1, 0.15) is 0 Å². The third kappa shape index (κ3) is 7.34. The van der Waals surface area contributed by atoms with Gasteiger partial charge in [-0.3, -0.25) is 4.99 Å². The van der Waals surface area contributed by atoms with Gasteiger partial charge in [0.25, 0.3) is 0 Å². The SMILES string of the molecule is CCNC(=NCCCOC1CCOCC1)N(C)Cc1ccc(OC)c(F)c1. The summed E-state index contributed by atoms with van der Waals surface area (Å²) in [4.78, 5) is 6.65. The van der Waals surface area contributed by atoms with Gasteiger partial charge >= 0.3 is 0 Å². The fraction of sp³-hybridized carbons (Fsp3) is 0.650. The summed E-state index contributed by atoms with van der Waals surface area (Å²) >= 11 is 0. The van der Waals surface area contributed by atoms with E-state index in [9.17, 15) is 4.39 Å². The topological polar surface area (TPSA) is 55.3 Å². The number of hydrogen-bond donors (Lipinski definition) is 1. The van der Waals surface area contributed by atoms with Crippen molar-refractivity contribution in [3.8, 4) is 5.75 Å². The Balaban J connectivity index is 1.81. The van der Waals surface area contributed by atoms with Crippen LogP contribution in [0.5, 0.6) is 5.75 Å². The highest BCUT2D eigenvalue weighted by molar-refractivity contribution is 5.79. The smallest absolute Gasteiger partial charge is 0.193 e. The molecule has 1 heterocycles. The summed E-state index contributed by atoms with van der Waals surface area (Å²) < 4.78 is 30.1. The molecule has 7 heteroatoms. The molecule has 6 nitrogen and oxygen atoms in total. The predicted molar refractivity (Wildman–Crippen MR) is 105 cm³/mol. The zero-order chi connectivity index (χ0) is 19.5. The number of halogens is 1. The van der Waals surface area contributed by atoms with Crippen molar-refractivity contribution >= 4 is 5.96 Å². The highest BCUT2D eigenvalue weighted by atomic mass is 19.1. The Kier molecular flexibility index (Phi) is 9.35. The van der Waals surface area contributed by atoms with E-state index in [1.54, 1.807) is 6.07 Å². The van der Waals surface area contributed by atoms with Crippen LogP contribution in [0.15, 0.2) is 23.2 Å². The van der Waals surface area contributed by atoms with E-state index in [1.165, 1.54) is 13.2 Å². The molecule has 1 fully saturated rings. The standard InChI is InChI=1S/C20H32FN3O3/c1-4-22-20(23-10-5-11-27-17-8-12-26-13-9-17)24(2)15-16-6-7-19(25-3)18(21)14-16/h6-7,14,17H,4-5,8-13,15H2,1-3H3,(H,22,23). The van der Waals surface area contributed by atoms with Crippen LogP contribution in [0.25, 0.3) is 0 Å². The minimum absolute atomic E-state index is 0.256. The molecule has 0 unspecified atom stereocenters. The first kappa shape index (κ1) is 21.4. The molecule has 1 aromatic carbocycles. The molecule has 0 spiro atoms. The maximum Gasteiger partial charge on any atom is 0.193 e. The molecule has 1 aliphatic heterocycles. The highest BCUT2D eigenvalue weighted by Crippen LogP contribution is 2.18. The van der Waals surface area contributed by atoms with Crippen molar-refractivity contribution in [3.05, 3.63) is 29.6 Å². The molecular weight excluding hydrogens is 349 g/mol. The molecule has 0 amide bonds. The molecule has 1 N–H and O–H groups in total. The largest absolute Gasteiger partial charge is 0.494 e. The molecule has 0 aromatic heterocycles. The first-order chi connectivity index (χ1) is 13.1. The zero-order valence-electron chi connectivity index (χ0n) is 16.7. The third-order valence-electron chi connectivity index (χ3n) is 4.42. The lowest BCUT2D eigenvalue weighted by atomic mass is 10.1. The van der Waals surface area contributed by atoms with Crippen LogP contribution in [0.1, 0.15) is 31.7 Å². The van der Waals surface area contributed by atoms with Crippen LogP contribution in [0, 0.1) is 5.82 Å². The molecule has 0 aliphatic carbocycles. The van der Waals surface area contributed by atoms with Gasteiger partial charge in [-0.1, -0.05) is 6.07 Å². The van der Waals surface area contributed by atoms with Crippen molar-refractivity contribution in [3.63, 3.8) is 0 Å². The number of methoxy groups -OCH3 is 1. The summed E-state index contributed by atoms with van der Waals surface area (Å²) in [6, 6.07) is 5.01. The van der Waals surface area contributed by atoms with E-state index in [1.807, 2.05) is 24.9 Å². The lowest BCUT2D eigenvalue weighted by molar-refractivity contribution is -0.0318. The van der Waals surface area contributed by atoms with Crippen LogP contribution in [-0.4, -0.2) is 64.0 Å². The van der Waals surface area contributed by atoms with Crippen LogP contribution in [0.2, 0.25) is 0 Å². The van der Waals surface area contributed by atoms with E-state index in [0.29, 0.717) is 25.8 Å². The van der Waals surface area contributed by atoms with Gasteiger partial charge in [-0.2, -0.15) is 0 Å². The minimum Gasteiger partial charge on any atom is -0.494 e. The molecule has 2 rings (SSSR count). The Morgan fingerprint density at radius 1 is 1.37 bits per heavy atom. The van der Waals surface area contributed by atoms with E-state index >= 15 is 0 Å². The Bertz CT molecular complexity index is 592. The van der Waals surface area contributed by atoms with Crippen molar-refractivity contribution in [1.82, 2.24) is 10.2 Å². The molecule has 27 heavy (non-hydrogen) atoms. The summed E-state index contributed by atoms with van der Waals surface area (Å²) in [5, 5.41) is 3.28. The fourth-order valence-electron chi connectivity index (χ4n) is 2.97. The third-order valence-corrected chi connectivity index (χ3v) is 4.42. The average Bonchev–Trinajstić information content (AvgIpc) is 2.68. The first-order valence-corrected chi connectivity index (χ1v) is 9.65. The molecule has 152 valence electrons. The lowest BCUT2D eigenvalue weighted by Crippen LogP contribution is -2.38. The van der Waals surface area contributed by atoms with Gasteiger partial charge in [-0.05, 0) is 43.9 Å². The normalized spacial score (nSPS) is 15.6. The predicted octanol–water partition coefficient (Wildman–Crippen LogP) is 2.82. The molecule has 0 bridgehead atoms. The van der Waals surface area contributed by atoms with E-state index in [0.717, 1.165) is 50.5 Å². The van der Waals surface area contributed by atoms with Gasteiger partial charge in [0.2, 0.25) is 0 Å². The van der Waals surface area contributed by atoms with Crippen LogP contribution in [0.3, 0.4) is 0 Å². The zero-order valence-corrected chi connectivity index (χ0v) is 16.7. The van der Waals surface area contributed by atoms with Gasteiger partial charge in [0.05, 0.1) is 13.2 Å². The highest BCUT2D eigenvalue weighted by Gasteiger charge is 2.13. The first-order valence-electron chi connectivity index (χ1n) is 9.65. The summed E-state index contributed by atoms with van der Waals surface area (Å²) in [7, 11) is 3.41. The minimum atomic E-state index is -0.351. The molecule has 0 radical (unpaired) electrons. The Hall–Kier alpha value is -1.86. The van der Waals surface area contributed by atoms with Crippen molar-refractivity contribution in [2.45, 2.75) is 38.8 Å². The number of benzene rings is 1. The van der Waals surface area contributed by atoms with E-state index in [2.05, 4.69) is 10.3 Å².